The van der Waals surface area contributed by atoms with Gasteiger partial charge in [-0.2, -0.15) is 0 Å². The molecule has 164 valence electrons. The summed E-state index contributed by atoms with van der Waals surface area (Å²) in [6.45, 7) is 11.5. The molecule has 0 saturated carbocycles. The summed E-state index contributed by atoms with van der Waals surface area (Å²) >= 11 is 0. The molecule has 2 N–H and O–H groups in total. The van der Waals surface area contributed by atoms with Gasteiger partial charge in [0, 0.05) is 39.0 Å². The van der Waals surface area contributed by atoms with Gasteiger partial charge in [-0.3, -0.25) is 0 Å². The van der Waals surface area contributed by atoms with Crippen LogP contribution in [-0.4, -0.2) is 58.3 Å². The van der Waals surface area contributed by atoms with Crippen molar-refractivity contribution in [2.45, 2.75) is 39.5 Å². The van der Waals surface area contributed by atoms with Crippen molar-refractivity contribution in [3.8, 4) is 0 Å². The minimum absolute atomic E-state index is 0.118. The first-order valence-electron chi connectivity index (χ1n) is 10.4. The Morgan fingerprint density at radius 2 is 1.90 bits per heavy atom. The fourth-order valence-corrected chi connectivity index (χ4v) is 4.82. The quantitative estimate of drug-likeness (QED) is 0.493. The number of likely N-dealkylation sites (tertiary alicyclic amines) is 1. The first kappa shape index (κ1) is 23.6. The second kappa shape index (κ2) is 10.9. The zero-order valence-corrected chi connectivity index (χ0v) is 18.9. The Kier molecular flexibility index (Phi) is 8.89. The molecule has 2 unspecified atom stereocenters. The summed E-state index contributed by atoms with van der Waals surface area (Å²) in [6.07, 6.45) is 2.47. The third-order valence-corrected chi connectivity index (χ3v) is 5.84. The van der Waals surface area contributed by atoms with Crippen LogP contribution < -0.4 is 10.6 Å². The molecule has 2 rings (SSSR count). The molecule has 1 saturated heterocycles. The Balaban J connectivity index is 1.99. The van der Waals surface area contributed by atoms with E-state index in [0.717, 1.165) is 38.0 Å². The Bertz CT molecular complexity index is 788. The van der Waals surface area contributed by atoms with Crippen molar-refractivity contribution in [1.82, 2.24) is 15.5 Å². The van der Waals surface area contributed by atoms with Gasteiger partial charge in [0.1, 0.15) is 5.82 Å². The first-order valence-corrected chi connectivity index (χ1v) is 12.4. The van der Waals surface area contributed by atoms with E-state index in [2.05, 4.69) is 34.4 Å². The number of rotatable bonds is 8. The van der Waals surface area contributed by atoms with Crippen LogP contribution in [0, 0.1) is 17.7 Å². The largest absolute Gasteiger partial charge is 0.357 e. The number of piperidine rings is 1. The topological polar surface area (TPSA) is 73.8 Å². The minimum atomic E-state index is -3.20. The van der Waals surface area contributed by atoms with E-state index in [1.807, 2.05) is 6.92 Å². The zero-order chi connectivity index (χ0) is 21.4. The number of aliphatic imine (C=N–C) groups is 1. The molecule has 0 radical (unpaired) electrons. The van der Waals surface area contributed by atoms with Crippen molar-refractivity contribution in [1.29, 1.82) is 0 Å². The molecule has 6 nitrogen and oxygen atoms in total. The molecule has 1 aromatic carbocycles. The summed E-state index contributed by atoms with van der Waals surface area (Å²) in [4.78, 5) is 7.02. The highest BCUT2D eigenvalue weighted by atomic mass is 32.2. The maximum absolute atomic E-state index is 13.7. The third kappa shape index (κ3) is 8.70. The van der Waals surface area contributed by atoms with E-state index in [4.69, 9.17) is 0 Å². The van der Waals surface area contributed by atoms with Crippen LogP contribution >= 0.6 is 0 Å². The molecule has 2 atom stereocenters. The second-order valence-corrected chi connectivity index (χ2v) is 10.5. The van der Waals surface area contributed by atoms with Gasteiger partial charge in [0.2, 0.25) is 0 Å². The zero-order valence-electron chi connectivity index (χ0n) is 18.0. The summed E-state index contributed by atoms with van der Waals surface area (Å²) < 4.78 is 37.0. The smallest absolute Gasteiger partial charge is 0.191 e. The van der Waals surface area contributed by atoms with Crippen LogP contribution in [0.5, 0.6) is 0 Å². The summed E-state index contributed by atoms with van der Waals surface area (Å²) in [5, 5.41) is 6.53. The first-order chi connectivity index (χ1) is 13.7. The fraction of sp³-hybridized carbons (Fsp3) is 0.667. The molecule has 0 amide bonds. The third-order valence-electron chi connectivity index (χ3n) is 5.00. The Morgan fingerprint density at radius 1 is 1.21 bits per heavy atom. The van der Waals surface area contributed by atoms with Crippen LogP contribution in [0.25, 0.3) is 0 Å². The van der Waals surface area contributed by atoms with Crippen molar-refractivity contribution in [2.24, 2.45) is 16.8 Å². The minimum Gasteiger partial charge on any atom is -0.357 e. The van der Waals surface area contributed by atoms with E-state index in [-0.39, 0.29) is 12.3 Å². The number of hydrogen-bond donors (Lipinski definition) is 2. The van der Waals surface area contributed by atoms with E-state index in [1.165, 1.54) is 30.9 Å². The summed E-state index contributed by atoms with van der Waals surface area (Å²) in [7, 11) is -3.20. The second-order valence-electron chi connectivity index (χ2n) is 8.31. The van der Waals surface area contributed by atoms with E-state index < -0.39 is 15.7 Å². The van der Waals surface area contributed by atoms with Crippen molar-refractivity contribution >= 4 is 15.8 Å². The van der Waals surface area contributed by atoms with Crippen molar-refractivity contribution in [3.05, 3.63) is 35.1 Å². The van der Waals surface area contributed by atoms with Crippen molar-refractivity contribution in [2.75, 3.05) is 39.0 Å². The Labute approximate surface area is 174 Å². The normalized spacial score (nSPS) is 21.2. The highest BCUT2D eigenvalue weighted by Crippen LogP contribution is 2.20. The van der Waals surface area contributed by atoms with Crippen LogP contribution in [0.3, 0.4) is 0 Å². The van der Waals surface area contributed by atoms with Gasteiger partial charge in [-0.25, -0.2) is 17.8 Å². The number of halogens is 1. The standard InChI is InChI=1S/C21H35FN4O2S/c1-5-23-21(24-8-9-26-13-16(2)10-17(3)14-26)25-12-19-11-20(22)7-6-18(19)15-29(4,27)28/h6-7,11,16-17H,5,8-10,12-15H2,1-4H3,(H2,23,24,25). The molecular weight excluding hydrogens is 391 g/mol. The monoisotopic (exact) mass is 426 g/mol. The van der Waals surface area contributed by atoms with Crippen LogP contribution in [0.1, 0.15) is 38.3 Å². The predicted octanol–water partition coefficient (Wildman–Crippen LogP) is 2.40. The van der Waals surface area contributed by atoms with Gasteiger partial charge in [-0.05, 0) is 48.4 Å². The lowest BCUT2D eigenvalue weighted by Crippen LogP contribution is -2.45. The highest BCUT2D eigenvalue weighted by molar-refractivity contribution is 7.89. The predicted molar refractivity (Wildman–Crippen MR) is 117 cm³/mol. The van der Waals surface area contributed by atoms with Gasteiger partial charge in [0.15, 0.2) is 15.8 Å². The average Bonchev–Trinajstić information content (AvgIpc) is 2.59. The van der Waals surface area contributed by atoms with Crippen LogP contribution in [-0.2, 0) is 22.1 Å². The number of nitrogens with zero attached hydrogens (tertiary/aromatic N) is 2. The number of nitrogens with one attached hydrogen (secondary N) is 2. The molecule has 0 aromatic heterocycles. The van der Waals surface area contributed by atoms with E-state index in [0.29, 0.717) is 23.6 Å². The number of hydrogen-bond acceptors (Lipinski definition) is 4. The number of sulfone groups is 1. The van der Waals surface area contributed by atoms with Crippen LogP contribution in [0.2, 0.25) is 0 Å². The molecule has 1 aromatic rings. The molecule has 0 bridgehead atoms. The Hall–Kier alpha value is -1.67. The molecule has 8 heteroatoms. The number of benzene rings is 1. The lowest BCUT2D eigenvalue weighted by atomic mass is 9.92. The molecule has 1 heterocycles. The van der Waals surface area contributed by atoms with Crippen molar-refractivity contribution < 1.29 is 12.8 Å². The highest BCUT2D eigenvalue weighted by Gasteiger charge is 2.21. The average molecular weight is 427 g/mol. The van der Waals surface area contributed by atoms with Gasteiger partial charge < -0.3 is 15.5 Å². The maximum Gasteiger partial charge on any atom is 0.191 e. The fourth-order valence-electron chi connectivity index (χ4n) is 3.98. The van der Waals surface area contributed by atoms with Crippen LogP contribution in [0.15, 0.2) is 23.2 Å². The molecular formula is C21H35FN4O2S. The summed E-state index contributed by atoms with van der Waals surface area (Å²) in [6, 6.07) is 4.18. The summed E-state index contributed by atoms with van der Waals surface area (Å²) in [5.74, 6) is 1.59. The Morgan fingerprint density at radius 3 is 2.52 bits per heavy atom. The van der Waals surface area contributed by atoms with Gasteiger partial charge in [-0.15, -0.1) is 0 Å². The molecule has 0 spiro atoms. The van der Waals surface area contributed by atoms with Gasteiger partial charge in [0.05, 0.1) is 12.3 Å². The molecule has 29 heavy (non-hydrogen) atoms. The lowest BCUT2D eigenvalue weighted by Gasteiger charge is -2.35. The van der Waals surface area contributed by atoms with Gasteiger partial charge in [0.25, 0.3) is 0 Å². The molecule has 1 aliphatic heterocycles. The SMILES string of the molecule is CCNC(=NCc1cc(F)ccc1CS(C)(=O)=O)NCCN1CC(C)CC(C)C1. The van der Waals surface area contributed by atoms with E-state index >= 15 is 0 Å². The lowest BCUT2D eigenvalue weighted by molar-refractivity contribution is 0.143. The summed E-state index contributed by atoms with van der Waals surface area (Å²) in [5.41, 5.74) is 1.18. The van der Waals surface area contributed by atoms with Crippen LogP contribution in [0.4, 0.5) is 4.39 Å². The maximum atomic E-state index is 13.7. The van der Waals surface area contributed by atoms with E-state index in [9.17, 15) is 12.8 Å². The molecule has 1 aliphatic rings. The number of guanidine groups is 1. The van der Waals surface area contributed by atoms with Crippen molar-refractivity contribution in [3.63, 3.8) is 0 Å². The van der Waals surface area contributed by atoms with E-state index in [1.54, 1.807) is 0 Å². The molecule has 1 fully saturated rings. The van der Waals surface area contributed by atoms with Gasteiger partial charge >= 0.3 is 0 Å². The molecule has 0 aliphatic carbocycles. The van der Waals surface area contributed by atoms with Gasteiger partial charge in [-0.1, -0.05) is 19.9 Å².